The minimum absolute atomic E-state index is 0.161. The molecule has 1 aliphatic carbocycles. The Morgan fingerprint density at radius 3 is 2.89 bits per heavy atom. The van der Waals surface area contributed by atoms with Crippen molar-refractivity contribution in [3.63, 3.8) is 0 Å². The molecule has 1 amide bonds. The number of hydrogen-bond acceptors (Lipinski definition) is 4. The van der Waals surface area contributed by atoms with Crippen LogP contribution in [0.15, 0.2) is 29.2 Å². The SMILES string of the molecule is CCc1n[nH]c2c1CN(S(=O)(=O)c1cccc(C(=O)NC3CCC3)c1)CC2. The van der Waals surface area contributed by atoms with Crippen LogP contribution in [0.2, 0.25) is 0 Å². The molecule has 2 N–H and O–H groups in total. The number of amides is 1. The Balaban J connectivity index is 1.57. The molecule has 1 aromatic carbocycles. The Morgan fingerprint density at radius 2 is 2.19 bits per heavy atom. The number of rotatable bonds is 5. The minimum atomic E-state index is -3.67. The summed E-state index contributed by atoms with van der Waals surface area (Å²) in [7, 11) is -3.67. The maximum atomic E-state index is 13.1. The first-order chi connectivity index (χ1) is 13.0. The van der Waals surface area contributed by atoms with Gasteiger partial charge >= 0.3 is 0 Å². The molecular weight excluding hydrogens is 364 g/mol. The Kier molecular flexibility index (Phi) is 4.77. The zero-order valence-corrected chi connectivity index (χ0v) is 16.2. The smallest absolute Gasteiger partial charge is 0.251 e. The van der Waals surface area contributed by atoms with Crippen molar-refractivity contribution in [2.75, 3.05) is 6.54 Å². The van der Waals surface area contributed by atoms with Gasteiger partial charge in [-0.05, 0) is 43.9 Å². The van der Waals surface area contributed by atoms with Gasteiger partial charge in [0.25, 0.3) is 5.91 Å². The Hall–Kier alpha value is -2.19. The van der Waals surface area contributed by atoms with Crippen molar-refractivity contribution >= 4 is 15.9 Å². The van der Waals surface area contributed by atoms with Crippen LogP contribution >= 0.6 is 0 Å². The first kappa shape index (κ1) is 18.2. The number of nitrogens with one attached hydrogen (secondary N) is 2. The highest BCUT2D eigenvalue weighted by molar-refractivity contribution is 7.89. The first-order valence-electron chi connectivity index (χ1n) is 9.45. The fourth-order valence-corrected chi connectivity index (χ4v) is 5.05. The summed E-state index contributed by atoms with van der Waals surface area (Å²) in [6, 6.07) is 6.54. The number of aryl methyl sites for hydroxylation is 1. The van der Waals surface area contributed by atoms with Crippen LogP contribution in [0.1, 0.15) is 53.5 Å². The van der Waals surface area contributed by atoms with Gasteiger partial charge in [-0.15, -0.1) is 0 Å². The molecule has 0 atom stereocenters. The van der Waals surface area contributed by atoms with Crippen LogP contribution < -0.4 is 5.32 Å². The molecule has 0 saturated heterocycles. The molecule has 1 fully saturated rings. The third-order valence-corrected chi connectivity index (χ3v) is 7.33. The number of hydrogen-bond donors (Lipinski definition) is 2. The molecule has 0 unspecified atom stereocenters. The standard InChI is InChI=1S/C19H24N4O3S/c1-2-17-16-12-23(10-9-18(16)22-21-17)27(25,26)15-8-3-5-13(11-15)19(24)20-14-6-4-7-14/h3,5,8,11,14H,2,4,6-7,9-10,12H2,1H3,(H,20,24)(H,21,22). The van der Waals surface area contributed by atoms with E-state index < -0.39 is 10.0 Å². The van der Waals surface area contributed by atoms with E-state index >= 15 is 0 Å². The molecule has 8 heteroatoms. The minimum Gasteiger partial charge on any atom is -0.349 e. The molecule has 27 heavy (non-hydrogen) atoms. The van der Waals surface area contributed by atoms with Crippen molar-refractivity contribution in [3.05, 3.63) is 46.8 Å². The van der Waals surface area contributed by atoms with E-state index in [1.54, 1.807) is 18.2 Å². The lowest BCUT2D eigenvalue weighted by molar-refractivity contribution is 0.0916. The molecule has 0 radical (unpaired) electrons. The Morgan fingerprint density at radius 1 is 1.37 bits per heavy atom. The summed E-state index contributed by atoms with van der Waals surface area (Å²) in [6.07, 6.45) is 4.48. The summed E-state index contributed by atoms with van der Waals surface area (Å²) in [6.45, 7) is 2.73. The Bertz CT molecular complexity index is 950. The van der Waals surface area contributed by atoms with Gasteiger partial charge in [0.1, 0.15) is 0 Å². The van der Waals surface area contributed by atoms with Gasteiger partial charge in [0.15, 0.2) is 0 Å². The number of H-pyrrole nitrogens is 1. The summed E-state index contributed by atoms with van der Waals surface area (Å²) >= 11 is 0. The molecule has 2 heterocycles. The van der Waals surface area contributed by atoms with Crippen molar-refractivity contribution in [1.29, 1.82) is 0 Å². The summed E-state index contributed by atoms with van der Waals surface area (Å²) < 4.78 is 27.8. The molecule has 2 aliphatic rings. The monoisotopic (exact) mass is 388 g/mol. The van der Waals surface area contributed by atoms with E-state index in [0.29, 0.717) is 25.1 Å². The molecule has 4 rings (SSSR count). The van der Waals surface area contributed by atoms with Crippen molar-refractivity contribution < 1.29 is 13.2 Å². The average molecular weight is 388 g/mol. The molecular formula is C19H24N4O3S. The van der Waals surface area contributed by atoms with E-state index in [2.05, 4.69) is 15.5 Å². The molecule has 144 valence electrons. The average Bonchev–Trinajstić information content (AvgIpc) is 3.07. The van der Waals surface area contributed by atoms with Gasteiger partial charge in [0.05, 0.1) is 10.6 Å². The van der Waals surface area contributed by atoms with Crippen LogP contribution in [0.25, 0.3) is 0 Å². The molecule has 1 aliphatic heterocycles. The molecule has 7 nitrogen and oxygen atoms in total. The fraction of sp³-hybridized carbons (Fsp3) is 0.474. The van der Waals surface area contributed by atoms with Gasteiger partial charge in [-0.3, -0.25) is 9.89 Å². The number of fused-ring (bicyclic) bond motifs is 1. The Labute approximate surface area is 159 Å². The highest BCUT2D eigenvalue weighted by Crippen LogP contribution is 2.26. The predicted molar refractivity (Wildman–Crippen MR) is 101 cm³/mol. The van der Waals surface area contributed by atoms with Crippen LogP contribution in [0.3, 0.4) is 0 Å². The topological polar surface area (TPSA) is 95.2 Å². The highest BCUT2D eigenvalue weighted by Gasteiger charge is 2.31. The maximum Gasteiger partial charge on any atom is 0.251 e. The number of carbonyl (C=O) groups is 1. The third kappa shape index (κ3) is 3.39. The summed E-state index contributed by atoms with van der Waals surface area (Å²) in [5.41, 5.74) is 3.30. The number of benzene rings is 1. The van der Waals surface area contributed by atoms with Gasteiger partial charge in [-0.1, -0.05) is 13.0 Å². The molecule has 0 spiro atoms. The zero-order valence-electron chi connectivity index (χ0n) is 15.4. The van der Waals surface area contributed by atoms with Gasteiger partial charge in [-0.2, -0.15) is 9.40 Å². The molecule has 1 saturated carbocycles. The summed E-state index contributed by atoms with van der Waals surface area (Å²) in [4.78, 5) is 12.5. The number of aromatic nitrogens is 2. The first-order valence-corrected chi connectivity index (χ1v) is 10.9. The van der Waals surface area contributed by atoms with Gasteiger partial charge in [0.2, 0.25) is 10.0 Å². The van der Waals surface area contributed by atoms with Gasteiger partial charge < -0.3 is 5.32 Å². The molecule has 1 aromatic heterocycles. The largest absolute Gasteiger partial charge is 0.349 e. The van der Waals surface area contributed by atoms with Crippen LogP contribution in [-0.4, -0.2) is 41.4 Å². The van der Waals surface area contributed by atoms with Crippen molar-refractivity contribution in [3.8, 4) is 0 Å². The van der Waals surface area contributed by atoms with Gasteiger partial charge in [0, 0.05) is 42.4 Å². The summed E-state index contributed by atoms with van der Waals surface area (Å²) in [5.74, 6) is -0.208. The second-order valence-electron chi connectivity index (χ2n) is 7.20. The van der Waals surface area contributed by atoms with Crippen LogP contribution in [-0.2, 0) is 29.4 Å². The predicted octanol–water partition coefficient (Wildman–Crippen LogP) is 2.00. The van der Waals surface area contributed by atoms with Crippen LogP contribution in [0, 0.1) is 0 Å². The second-order valence-corrected chi connectivity index (χ2v) is 9.14. The lowest BCUT2D eigenvalue weighted by Crippen LogP contribution is -2.39. The van der Waals surface area contributed by atoms with Crippen LogP contribution in [0.5, 0.6) is 0 Å². The van der Waals surface area contributed by atoms with E-state index in [1.807, 2.05) is 6.92 Å². The van der Waals surface area contributed by atoms with E-state index in [1.165, 1.54) is 10.4 Å². The maximum absolute atomic E-state index is 13.1. The lowest BCUT2D eigenvalue weighted by atomic mass is 9.93. The number of nitrogens with zero attached hydrogens (tertiary/aromatic N) is 2. The van der Waals surface area contributed by atoms with Crippen molar-refractivity contribution in [1.82, 2.24) is 19.8 Å². The summed E-state index contributed by atoms with van der Waals surface area (Å²) in [5, 5.41) is 10.3. The van der Waals surface area contributed by atoms with E-state index in [-0.39, 0.29) is 16.8 Å². The zero-order chi connectivity index (χ0) is 19.0. The molecule has 2 aromatic rings. The van der Waals surface area contributed by atoms with Crippen molar-refractivity contribution in [2.45, 2.75) is 56.5 Å². The third-order valence-electron chi connectivity index (χ3n) is 5.49. The molecule has 0 bridgehead atoms. The van der Waals surface area contributed by atoms with Crippen molar-refractivity contribution in [2.24, 2.45) is 0 Å². The van der Waals surface area contributed by atoms with Gasteiger partial charge in [-0.25, -0.2) is 8.42 Å². The van der Waals surface area contributed by atoms with E-state index in [9.17, 15) is 13.2 Å². The normalized spacial score (nSPS) is 18.0. The fourth-order valence-electron chi connectivity index (χ4n) is 3.60. The van der Waals surface area contributed by atoms with E-state index in [4.69, 9.17) is 0 Å². The quantitative estimate of drug-likeness (QED) is 0.819. The van der Waals surface area contributed by atoms with E-state index in [0.717, 1.165) is 42.6 Å². The number of aromatic amines is 1. The lowest BCUT2D eigenvalue weighted by Gasteiger charge is -2.27. The highest BCUT2D eigenvalue weighted by atomic mass is 32.2. The van der Waals surface area contributed by atoms with Crippen LogP contribution in [0.4, 0.5) is 0 Å². The number of carbonyl (C=O) groups excluding carboxylic acids is 1. The second kappa shape index (κ2) is 7.09. The number of sulfonamides is 1.